The summed E-state index contributed by atoms with van der Waals surface area (Å²) in [4.78, 5) is 2.28. The van der Waals surface area contributed by atoms with Gasteiger partial charge in [-0.25, -0.2) is 0 Å². The summed E-state index contributed by atoms with van der Waals surface area (Å²) >= 11 is 0. The molecule has 0 amide bonds. The molecule has 1 aromatic rings. The summed E-state index contributed by atoms with van der Waals surface area (Å²) in [6.45, 7) is 9.55. The first kappa shape index (κ1) is 15.6. The number of hydrogen-bond acceptors (Lipinski definition) is 4. The highest BCUT2D eigenvalue weighted by Crippen LogP contribution is 2.26. The summed E-state index contributed by atoms with van der Waals surface area (Å²) in [6.07, 6.45) is 0. The lowest BCUT2D eigenvalue weighted by molar-refractivity contribution is 0.204. The van der Waals surface area contributed by atoms with E-state index < -0.39 is 0 Å². The number of hydrogen-bond donors (Lipinski definition) is 1. The van der Waals surface area contributed by atoms with Gasteiger partial charge >= 0.3 is 0 Å². The maximum atomic E-state index is 5.95. The van der Waals surface area contributed by atoms with Gasteiger partial charge in [-0.2, -0.15) is 0 Å². The number of benzene rings is 1. The number of methoxy groups -OCH3 is 1. The Labute approximate surface area is 116 Å². The standard InChI is InChI=1S/C15H26N2O2/c1-5-19-15-9-13(16)8-14(10-15)17(6-7-18-4)11-12(2)3/h8-10,12H,5-7,11,16H2,1-4H3. The zero-order valence-corrected chi connectivity index (χ0v) is 12.5. The highest BCUT2D eigenvalue weighted by molar-refractivity contribution is 5.60. The Balaban J connectivity index is 2.92. The zero-order valence-electron chi connectivity index (χ0n) is 12.5. The Morgan fingerprint density at radius 2 is 2.00 bits per heavy atom. The zero-order chi connectivity index (χ0) is 14.3. The minimum atomic E-state index is 0.578. The third-order valence-corrected chi connectivity index (χ3v) is 2.74. The SMILES string of the molecule is CCOc1cc(N)cc(N(CCOC)CC(C)C)c1. The summed E-state index contributed by atoms with van der Waals surface area (Å²) in [7, 11) is 1.72. The Hall–Kier alpha value is -1.42. The maximum absolute atomic E-state index is 5.95. The molecule has 0 aromatic heterocycles. The minimum Gasteiger partial charge on any atom is -0.494 e. The van der Waals surface area contributed by atoms with Gasteiger partial charge in [-0.15, -0.1) is 0 Å². The summed E-state index contributed by atoms with van der Waals surface area (Å²) < 4.78 is 10.7. The molecule has 0 fully saturated rings. The van der Waals surface area contributed by atoms with Gasteiger partial charge in [0.25, 0.3) is 0 Å². The van der Waals surface area contributed by atoms with Crippen molar-refractivity contribution in [3.05, 3.63) is 18.2 Å². The van der Waals surface area contributed by atoms with Crippen molar-refractivity contribution in [3.63, 3.8) is 0 Å². The average Bonchev–Trinajstić information content (AvgIpc) is 2.33. The lowest BCUT2D eigenvalue weighted by Gasteiger charge is -2.27. The molecule has 0 bridgehead atoms. The Morgan fingerprint density at radius 1 is 1.26 bits per heavy atom. The highest BCUT2D eigenvalue weighted by atomic mass is 16.5. The van der Waals surface area contributed by atoms with Crippen LogP contribution in [0.25, 0.3) is 0 Å². The third kappa shape index (κ3) is 5.39. The largest absolute Gasteiger partial charge is 0.494 e. The molecule has 1 aromatic carbocycles. The van der Waals surface area contributed by atoms with E-state index in [0.29, 0.717) is 19.1 Å². The van der Waals surface area contributed by atoms with Crippen molar-refractivity contribution in [2.45, 2.75) is 20.8 Å². The molecule has 0 aliphatic heterocycles. The van der Waals surface area contributed by atoms with Crippen molar-refractivity contribution in [2.75, 3.05) is 44.0 Å². The lowest BCUT2D eigenvalue weighted by Crippen LogP contribution is -2.31. The third-order valence-electron chi connectivity index (χ3n) is 2.74. The van der Waals surface area contributed by atoms with Crippen molar-refractivity contribution in [2.24, 2.45) is 5.92 Å². The molecular weight excluding hydrogens is 240 g/mol. The van der Waals surface area contributed by atoms with E-state index in [1.54, 1.807) is 7.11 Å². The van der Waals surface area contributed by atoms with Gasteiger partial charge in [0.05, 0.1) is 13.2 Å². The van der Waals surface area contributed by atoms with E-state index in [4.69, 9.17) is 15.2 Å². The minimum absolute atomic E-state index is 0.578. The van der Waals surface area contributed by atoms with E-state index in [2.05, 4.69) is 18.7 Å². The second kappa shape index (κ2) is 7.89. The predicted octanol–water partition coefficient (Wildman–Crippen LogP) is 2.78. The fourth-order valence-electron chi connectivity index (χ4n) is 2.01. The summed E-state index contributed by atoms with van der Waals surface area (Å²) in [5.74, 6) is 1.40. The second-order valence-electron chi connectivity index (χ2n) is 5.03. The summed E-state index contributed by atoms with van der Waals surface area (Å²) in [6, 6.07) is 5.88. The Morgan fingerprint density at radius 3 is 2.58 bits per heavy atom. The fourth-order valence-corrected chi connectivity index (χ4v) is 2.01. The van der Waals surface area contributed by atoms with Gasteiger partial charge in [0, 0.05) is 43.7 Å². The second-order valence-corrected chi connectivity index (χ2v) is 5.03. The molecule has 4 heteroatoms. The molecule has 2 N–H and O–H groups in total. The van der Waals surface area contributed by atoms with E-state index in [0.717, 1.165) is 30.2 Å². The van der Waals surface area contributed by atoms with Crippen LogP contribution in [-0.2, 0) is 4.74 Å². The lowest BCUT2D eigenvalue weighted by atomic mass is 10.1. The van der Waals surface area contributed by atoms with Crippen LogP contribution in [0.5, 0.6) is 5.75 Å². The summed E-state index contributed by atoms with van der Waals surface area (Å²) in [5, 5.41) is 0. The van der Waals surface area contributed by atoms with Crippen molar-refractivity contribution in [3.8, 4) is 5.75 Å². The highest BCUT2D eigenvalue weighted by Gasteiger charge is 2.10. The number of rotatable bonds is 8. The molecule has 0 spiro atoms. The molecule has 1 rings (SSSR count). The first-order chi connectivity index (χ1) is 9.06. The summed E-state index contributed by atoms with van der Waals surface area (Å²) in [5.41, 5.74) is 7.77. The van der Waals surface area contributed by atoms with Gasteiger partial charge in [0.1, 0.15) is 5.75 Å². The molecule has 4 nitrogen and oxygen atoms in total. The Kier molecular flexibility index (Phi) is 6.50. The number of nitrogens with two attached hydrogens (primary N) is 1. The molecule has 0 aliphatic rings. The quantitative estimate of drug-likeness (QED) is 0.735. The van der Waals surface area contributed by atoms with E-state index in [9.17, 15) is 0 Å². The number of nitrogens with zero attached hydrogens (tertiary/aromatic N) is 1. The topological polar surface area (TPSA) is 47.7 Å². The molecule has 0 atom stereocenters. The van der Waals surface area contributed by atoms with Crippen molar-refractivity contribution in [1.29, 1.82) is 0 Å². The van der Waals surface area contributed by atoms with Gasteiger partial charge in [-0.3, -0.25) is 0 Å². The van der Waals surface area contributed by atoms with Crippen LogP contribution in [0.3, 0.4) is 0 Å². The number of nitrogen functional groups attached to an aromatic ring is 1. The van der Waals surface area contributed by atoms with Crippen LogP contribution in [0.15, 0.2) is 18.2 Å². The van der Waals surface area contributed by atoms with Gasteiger partial charge in [-0.05, 0) is 18.9 Å². The maximum Gasteiger partial charge on any atom is 0.123 e. The van der Waals surface area contributed by atoms with Gasteiger partial charge in [0.2, 0.25) is 0 Å². The van der Waals surface area contributed by atoms with E-state index >= 15 is 0 Å². The van der Waals surface area contributed by atoms with Crippen LogP contribution in [0.4, 0.5) is 11.4 Å². The van der Waals surface area contributed by atoms with Crippen molar-refractivity contribution < 1.29 is 9.47 Å². The van der Waals surface area contributed by atoms with Crippen LogP contribution in [0.1, 0.15) is 20.8 Å². The monoisotopic (exact) mass is 266 g/mol. The molecule has 0 radical (unpaired) electrons. The van der Waals surface area contributed by atoms with Gasteiger partial charge < -0.3 is 20.1 Å². The average molecular weight is 266 g/mol. The van der Waals surface area contributed by atoms with Crippen LogP contribution < -0.4 is 15.4 Å². The van der Waals surface area contributed by atoms with Gasteiger partial charge in [-0.1, -0.05) is 13.8 Å². The normalized spacial score (nSPS) is 10.8. The van der Waals surface area contributed by atoms with Crippen molar-refractivity contribution in [1.82, 2.24) is 0 Å². The van der Waals surface area contributed by atoms with E-state index in [1.807, 2.05) is 25.1 Å². The first-order valence-electron chi connectivity index (χ1n) is 6.84. The predicted molar refractivity (Wildman–Crippen MR) is 81.0 cm³/mol. The van der Waals surface area contributed by atoms with E-state index in [1.165, 1.54) is 0 Å². The first-order valence-corrected chi connectivity index (χ1v) is 6.84. The van der Waals surface area contributed by atoms with Crippen LogP contribution in [0, 0.1) is 5.92 Å². The van der Waals surface area contributed by atoms with Crippen LogP contribution in [-0.4, -0.2) is 33.4 Å². The van der Waals surface area contributed by atoms with Crippen LogP contribution in [0.2, 0.25) is 0 Å². The molecule has 19 heavy (non-hydrogen) atoms. The van der Waals surface area contributed by atoms with Gasteiger partial charge in [0.15, 0.2) is 0 Å². The molecule has 0 unspecified atom stereocenters. The molecule has 0 heterocycles. The number of anilines is 2. The van der Waals surface area contributed by atoms with Crippen LogP contribution >= 0.6 is 0 Å². The number of ether oxygens (including phenoxy) is 2. The fraction of sp³-hybridized carbons (Fsp3) is 0.600. The van der Waals surface area contributed by atoms with E-state index in [-0.39, 0.29) is 0 Å². The molecule has 0 saturated heterocycles. The molecule has 0 aliphatic carbocycles. The smallest absolute Gasteiger partial charge is 0.123 e. The molecule has 108 valence electrons. The van der Waals surface area contributed by atoms with Crippen molar-refractivity contribution >= 4 is 11.4 Å². The molecular formula is C15H26N2O2. The molecule has 0 saturated carbocycles. The Bertz CT molecular complexity index is 380.